The largest absolute Gasteiger partial charge is 0.466 e. The molecule has 1 aromatic carbocycles. The number of rotatable bonds is 6. The van der Waals surface area contributed by atoms with Gasteiger partial charge >= 0.3 is 23.9 Å². The molecule has 1 spiro atoms. The summed E-state index contributed by atoms with van der Waals surface area (Å²) < 4.78 is 18.8. The molecule has 1 amide bonds. The number of anilines is 1. The Bertz CT molecular complexity index is 1510. The van der Waals surface area contributed by atoms with Crippen LogP contribution in [0.25, 0.3) is 5.57 Å². The highest BCUT2D eigenvalue weighted by atomic mass is 32.2. The molecular weight excluding hydrogens is 615 g/mol. The zero-order valence-corrected chi connectivity index (χ0v) is 27.8. The average Bonchev–Trinajstić information content (AvgIpc) is 3.38. The Morgan fingerprint density at radius 3 is 1.84 bits per heavy atom. The van der Waals surface area contributed by atoms with Crippen molar-refractivity contribution in [3.8, 4) is 0 Å². The van der Waals surface area contributed by atoms with Gasteiger partial charge in [-0.15, -0.1) is 0 Å². The van der Waals surface area contributed by atoms with Crippen molar-refractivity contribution in [3.05, 3.63) is 54.5 Å². The van der Waals surface area contributed by atoms with E-state index in [1.165, 1.54) is 28.4 Å². The van der Waals surface area contributed by atoms with Gasteiger partial charge in [0.15, 0.2) is 0 Å². The Hall–Kier alpha value is -3.16. The number of nitrogens with zero attached hydrogens (tertiary/aromatic N) is 1. The van der Waals surface area contributed by atoms with Gasteiger partial charge in [-0.3, -0.25) is 4.79 Å². The lowest BCUT2D eigenvalue weighted by molar-refractivity contribution is -0.138. The molecule has 1 atom stereocenters. The molecule has 4 rings (SSSR count). The Kier molecular flexibility index (Phi) is 9.20. The fourth-order valence-corrected chi connectivity index (χ4v) is 10.3. The highest BCUT2D eigenvalue weighted by Crippen LogP contribution is 2.71. The fourth-order valence-electron chi connectivity index (χ4n) is 5.22. The van der Waals surface area contributed by atoms with Gasteiger partial charge in [0.1, 0.15) is 18.8 Å². The van der Waals surface area contributed by atoms with Crippen LogP contribution in [0.1, 0.15) is 45.2 Å². The number of esters is 4. The summed E-state index contributed by atoms with van der Waals surface area (Å²) >= 11 is 2.83. The zero-order valence-electron chi connectivity index (χ0n) is 25.4. The normalized spacial score (nSPS) is 19.0. The van der Waals surface area contributed by atoms with Crippen molar-refractivity contribution in [2.75, 3.05) is 33.3 Å². The first-order valence-electron chi connectivity index (χ1n) is 13.3. The SMILES string of the molecule is CC[C@@H](C)C(=O)N1c2ccc(C)cc2C2=C(SC(C(=O)OC)=C(C(=O)OC)C23SC(C(=O)OC)=C(C(=O)OC)S3)C1(C)C. The molecule has 0 aliphatic carbocycles. The third-order valence-electron chi connectivity index (χ3n) is 7.55. The standard InChI is InChI=1S/C30H33NO9S3/c1-10-15(3)24(32)31-17-12-11-14(2)13-16(17)18-23(29(31,4)5)41-20(26(34)38-7)19(25(33)37-6)30(18)42-21(27(35)39-8)22(43-30)28(36)40-9/h11-13,15H,10H2,1-9H3/t15-/m1/s1. The van der Waals surface area contributed by atoms with Gasteiger partial charge in [0.05, 0.1) is 45.2 Å². The molecule has 0 saturated heterocycles. The number of aryl methyl sites for hydroxylation is 1. The van der Waals surface area contributed by atoms with Gasteiger partial charge < -0.3 is 23.8 Å². The Labute approximate surface area is 262 Å². The summed E-state index contributed by atoms with van der Waals surface area (Å²) in [6.45, 7) is 9.42. The first-order chi connectivity index (χ1) is 20.2. The molecule has 13 heteroatoms. The van der Waals surface area contributed by atoms with Crippen molar-refractivity contribution >= 4 is 76.3 Å². The van der Waals surface area contributed by atoms with Crippen molar-refractivity contribution in [3.63, 3.8) is 0 Å². The molecule has 0 saturated carbocycles. The predicted octanol–water partition coefficient (Wildman–Crippen LogP) is 4.96. The highest BCUT2D eigenvalue weighted by Gasteiger charge is 2.61. The molecule has 0 radical (unpaired) electrons. The van der Waals surface area contributed by atoms with Crippen LogP contribution in [0, 0.1) is 12.8 Å². The van der Waals surface area contributed by atoms with Crippen LogP contribution in [0.4, 0.5) is 5.69 Å². The molecule has 0 unspecified atom stereocenters. The van der Waals surface area contributed by atoms with E-state index in [0.29, 0.717) is 28.1 Å². The molecule has 3 aliphatic heterocycles. The summed E-state index contributed by atoms with van der Waals surface area (Å²) in [5, 5.41) is 0. The molecule has 0 fully saturated rings. The summed E-state index contributed by atoms with van der Waals surface area (Å²) in [6.07, 6.45) is 0.607. The van der Waals surface area contributed by atoms with Crippen LogP contribution >= 0.6 is 35.3 Å². The van der Waals surface area contributed by atoms with Crippen LogP contribution < -0.4 is 4.90 Å². The summed E-state index contributed by atoms with van der Waals surface area (Å²) in [4.78, 5) is 69.4. The number of carbonyl (C=O) groups is 5. The summed E-state index contributed by atoms with van der Waals surface area (Å²) in [7, 11) is 4.74. The summed E-state index contributed by atoms with van der Waals surface area (Å²) in [6, 6.07) is 5.64. The quantitative estimate of drug-likeness (QED) is 0.306. The second-order valence-corrected chi connectivity index (χ2v) is 14.2. The molecule has 0 N–H and O–H groups in total. The molecule has 10 nitrogen and oxygen atoms in total. The van der Waals surface area contributed by atoms with Crippen molar-refractivity contribution in [1.82, 2.24) is 0 Å². The van der Waals surface area contributed by atoms with E-state index in [1.54, 1.807) is 4.90 Å². The van der Waals surface area contributed by atoms with Crippen LogP contribution in [0.15, 0.2) is 43.4 Å². The monoisotopic (exact) mass is 647 g/mol. The van der Waals surface area contributed by atoms with E-state index >= 15 is 0 Å². The van der Waals surface area contributed by atoms with Gasteiger partial charge in [-0.1, -0.05) is 60.8 Å². The number of methoxy groups -OCH3 is 4. The van der Waals surface area contributed by atoms with Crippen molar-refractivity contribution in [2.45, 2.75) is 50.7 Å². The number of hydrogen-bond acceptors (Lipinski definition) is 12. The highest BCUT2D eigenvalue weighted by molar-refractivity contribution is 8.26. The summed E-state index contributed by atoms with van der Waals surface area (Å²) in [5.41, 5.74) is 1.48. The topological polar surface area (TPSA) is 126 Å². The smallest absolute Gasteiger partial charge is 0.345 e. The fraction of sp³-hybridized carbons (Fsp3) is 0.433. The zero-order chi connectivity index (χ0) is 32.0. The molecule has 0 aromatic heterocycles. The van der Waals surface area contributed by atoms with E-state index in [1.807, 2.05) is 52.8 Å². The number of thioether (sulfide) groups is 3. The third kappa shape index (κ3) is 5.08. The van der Waals surface area contributed by atoms with Crippen molar-refractivity contribution in [1.29, 1.82) is 0 Å². The van der Waals surface area contributed by atoms with E-state index in [9.17, 15) is 24.0 Å². The molecule has 43 heavy (non-hydrogen) atoms. The minimum atomic E-state index is -1.60. The van der Waals surface area contributed by atoms with Gasteiger partial charge in [0.2, 0.25) is 5.91 Å². The van der Waals surface area contributed by atoms with E-state index in [2.05, 4.69) is 0 Å². The van der Waals surface area contributed by atoms with Gasteiger partial charge in [-0.25, -0.2) is 19.2 Å². The second-order valence-electron chi connectivity index (χ2n) is 10.5. The van der Waals surface area contributed by atoms with Crippen LogP contribution in [0.5, 0.6) is 0 Å². The van der Waals surface area contributed by atoms with Gasteiger partial charge in [-0.05, 0) is 39.3 Å². The van der Waals surface area contributed by atoms with E-state index in [-0.39, 0.29) is 32.1 Å². The predicted molar refractivity (Wildman–Crippen MR) is 167 cm³/mol. The minimum absolute atomic E-state index is 0.0800. The van der Waals surface area contributed by atoms with E-state index in [0.717, 1.165) is 40.8 Å². The number of hydrogen-bond donors (Lipinski definition) is 0. The number of ether oxygens (including phenoxy) is 4. The maximum atomic E-state index is 14.0. The molecular formula is C30H33NO9S3. The minimum Gasteiger partial charge on any atom is -0.466 e. The van der Waals surface area contributed by atoms with Crippen LogP contribution in [-0.2, 0) is 42.9 Å². The number of benzene rings is 1. The summed E-state index contributed by atoms with van der Waals surface area (Å²) in [5.74, 6) is -3.71. The first kappa shape index (κ1) is 32.7. The Balaban J connectivity index is 2.18. The first-order valence-corrected chi connectivity index (χ1v) is 15.8. The van der Waals surface area contributed by atoms with Crippen LogP contribution in [-0.4, -0.2) is 67.8 Å². The molecule has 0 bridgehead atoms. The number of fused-ring (bicyclic) bond motifs is 3. The number of amides is 1. The Morgan fingerprint density at radius 2 is 1.35 bits per heavy atom. The van der Waals surface area contributed by atoms with Crippen LogP contribution in [0.3, 0.4) is 0 Å². The Morgan fingerprint density at radius 1 is 0.837 bits per heavy atom. The lowest BCUT2D eigenvalue weighted by atomic mass is 9.82. The van der Waals surface area contributed by atoms with Gasteiger partial charge in [0, 0.05) is 22.0 Å². The lowest BCUT2D eigenvalue weighted by Gasteiger charge is -2.51. The van der Waals surface area contributed by atoms with E-state index < -0.39 is 33.5 Å². The maximum absolute atomic E-state index is 14.0. The van der Waals surface area contributed by atoms with Gasteiger partial charge in [-0.2, -0.15) is 0 Å². The second kappa shape index (κ2) is 12.1. The van der Waals surface area contributed by atoms with E-state index in [4.69, 9.17) is 18.9 Å². The van der Waals surface area contributed by atoms with Crippen LogP contribution in [0.2, 0.25) is 0 Å². The molecule has 3 heterocycles. The van der Waals surface area contributed by atoms with Crippen molar-refractivity contribution in [2.24, 2.45) is 5.92 Å². The molecule has 3 aliphatic rings. The number of carbonyl (C=O) groups excluding carboxylic acids is 5. The average molecular weight is 648 g/mol. The van der Waals surface area contributed by atoms with Gasteiger partial charge in [0.25, 0.3) is 0 Å². The lowest BCUT2D eigenvalue weighted by Crippen LogP contribution is -2.55. The maximum Gasteiger partial charge on any atom is 0.345 e. The molecule has 230 valence electrons. The third-order valence-corrected chi connectivity index (χ3v) is 12.2. The van der Waals surface area contributed by atoms with Crippen molar-refractivity contribution < 1.29 is 42.9 Å². The molecule has 1 aromatic rings.